The Kier molecular flexibility index (Phi) is 6.29. The number of hydrogen-bond acceptors (Lipinski definition) is 3. The summed E-state index contributed by atoms with van der Waals surface area (Å²) in [6.07, 6.45) is 0. The zero-order valence-electron chi connectivity index (χ0n) is 6.32. The zero-order chi connectivity index (χ0) is 8.48. The van der Waals surface area contributed by atoms with Crippen molar-refractivity contribution in [1.82, 2.24) is 0 Å². The second-order valence-electron chi connectivity index (χ2n) is 1.88. The van der Waals surface area contributed by atoms with Gasteiger partial charge in [-0.1, -0.05) is 12.1 Å². The van der Waals surface area contributed by atoms with E-state index in [1.807, 2.05) is 0 Å². The molecule has 1 aromatic carbocycles. The Balaban J connectivity index is 0.00000121. The van der Waals surface area contributed by atoms with Gasteiger partial charge in [-0.2, -0.15) is 0 Å². The van der Waals surface area contributed by atoms with E-state index in [4.69, 9.17) is 0 Å². The van der Waals surface area contributed by atoms with Crippen molar-refractivity contribution >= 4 is 32.7 Å². The summed E-state index contributed by atoms with van der Waals surface area (Å²) in [5, 5.41) is 0. The molecule has 0 N–H and O–H groups in total. The fraction of sp³-hybridized carbons (Fsp3) is 0. The van der Waals surface area contributed by atoms with E-state index < -0.39 is 10.1 Å². The standard InChI is InChI=1S/C6H5IO3S.Rb/c7-5-3-1-2-4-6(5)11(8,9)10;/h1-4H,(H,8,9,10);/q;+1/p-1. The van der Waals surface area contributed by atoms with Gasteiger partial charge in [0, 0.05) is 3.57 Å². The first-order valence-electron chi connectivity index (χ1n) is 2.72. The van der Waals surface area contributed by atoms with Crippen LogP contribution in [0.5, 0.6) is 0 Å². The van der Waals surface area contributed by atoms with Crippen molar-refractivity contribution in [1.29, 1.82) is 0 Å². The summed E-state index contributed by atoms with van der Waals surface area (Å²) in [5.41, 5.74) is 0. The largest absolute Gasteiger partial charge is 1.00 e. The van der Waals surface area contributed by atoms with E-state index in [-0.39, 0.29) is 63.1 Å². The monoisotopic (exact) mass is 368 g/mol. The molecule has 0 spiro atoms. The van der Waals surface area contributed by atoms with Crippen LogP contribution in [0.3, 0.4) is 0 Å². The number of halogens is 1. The maximum atomic E-state index is 10.5. The first kappa shape index (κ1) is 13.7. The maximum Gasteiger partial charge on any atom is 1.00 e. The molecular formula is C6H4IO3RbS. The minimum Gasteiger partial charge on any atom is -0.744 e. The first-order valence-corrected chi connectivity index (χ1v) is 5.21. The maximum absolute atomic E-state index is 10.5. The van der Waals surface area contributed by atoms with E-state index in [2.05, 4.69) is 0 Å². The predicted molar refractivity (Wildman–Crippen MR) is 47.1 cm³/mol. The molecule has 0 amide bonds. The van der Waals surface area contributed by atoms with Crippen LogP contribution >= 0.6 is 22.6 Å². The topological polar surface area (TPSA) is 57.2 Å². The minimum atomic E-state index is -4.29. The first-order chi connectivity index (χ1) is 5.02. The van der Waals surface area contributed by atoms with Gasteiger partial charge in [-0.15, -0.1) is 0 Å². The SMILES string of the molecule is O=S(=O)([O-])c1ccccc1I.[Rb+]. The van der Waals surface area contributed by atoms with Crippen molar-refractivity contribution in [2.24, 2.45) is 0 Å². The molecule has 1 rings (SSSR count). The van der Waals surface area contributed by atoms with Crippen molar-refractivity contribution in [3.05, 3.63) is 27.8 Å². The van der Waals surface area contributed by atoms with E-state index in [1.165, 1.54) is 12.1 Å². The van der Waals surface area contributed by atoms with Crippen LogP contribution in [0.1, 0.15) is 0 Å². The second-order valence-corrected chi connectivity index (χ2v) is 4.39. The fourth-order valence-electron chi connectivity index (χ4n) is 0.647. The third-order valence-electron chi connectivity index (χ3n) is 1.11. The Hall–Kier alpha value is 1.67. The van der Waals surface area contributed by atoms with Crippen LogP contribution in [0.2, 0.25) is 0 Å². The van der Waals surface area contributed by atoms with Gasteiger partial charge in [0.1, 0.15) is 10.1 Å². The molecule has 12 heavy (non-hydrogen) atoms. The van der Waals surface area contributed by atoms with E-state index >= 15 is 0 Å². The molecule has 0 radical (unpaired) electrons. The Morgan fingerprint density at radius 3 is 2.08 bits per heavy atom. The van der Waals surface area contributed by atoms with Crippen molar-refractivity contribution in [2.45, 2.75) is 4.90 Å². The van der Waals surface area contributed by atoms with E-state index in [9.17, 15) is 13.0 Å². The van der Waals surface area contributed by atoms with Crippen molar-refractivity contribution in [3.63, 3.8) is 0 Å². The molecule has 0 aliphatic carbocycles. The summed E-state index contributed by atoms with van der Waals surface area (Å²) in [7, 11) is -4.29. The molecule has 0 aliphatic rings. The normalized spacial score (nSPS) is 10.5. The van der Waals surface area contributed by atoms with Crippen LogP contribution in [-0.4, -0.2) is 13.0 Å². The third kappa shape index (κ3) is 3.81. The van der Waals surface area contributed by atoms with Crippen molar-refractivity contribution in [3.8, 4) is 0 Å². The smallest absolute Gasteiger partial charge is 0.744 e. The Bertz CT molecular complexity index is 363. The molecule has 0 unspecified atom stereocenters. The summed E-state index contributed by atoms with van der Waals surface area (Å²) >= 11 is 1.81. The molecule has 0 aromatic heterocycles. The summed E-state index contributed by atoms with van der Waals surface area (Å²) < 4.78 is 31.9. The van der Waals surface area contributed by atoms with Gasteiger partial charge in [0.15, 0.2) is 0 Å². The molecule has 0 aliphatic heterocycles. The molecule has 0 fully saturated rings. The number of rotatable bonds is 1. The van der Waals surface area contributed by atoms with Crippen LogP contribution in [0.15, 0.2) is 29.2 Å². The molecule has 6 heteroatoms. The van der Waals surface area contributed by atoms with Crippen LogP contribution in [0.4, 0.5) is 0 Å². The zero-order valence-corrected chi connectivity index (χ0v) is 14.2. The number of benzene rings is 1. The summed E-state index contributed by atoms with van der Waals surface area (Å²) in [4.78, 5) is -0.152. The molecule has 0 atom stereocenters. The van der Waals surface area contributed by atoms with Gasteiger partial charge >= 0.3 is 58.2 Å². The van der Waals surface area contributed by atoms with Crippen LogP contribution in [0, 0.1) is 3.57 Å². The molecule has 60 valence electrons. The van der Waals surface area contributed by atoms with E-state index in [0.29, 0.717) is 3.57 Å². The second kappa shape index (κ2) is 5.52. The summed E-state index contributed by atoms with van der Waals surface area (Å²) in [6.45, 7) is 0. The average molecular weight is 369 g/mol. The van der Waals surface area contributed by atoms with Gasteiger partial charge in [0.2, 0.25) is 0 Å². The minimum absolute atomic E-state index is 0. The molecule has 0 saturated carbocycles. The van der Waals surface area contributed by atoms with Crippen LogP contribution in [-0.2, 0) is 10.1 Å². The van der Waals surface area contributed by atoms with E-state index in [0.717, 1.165) is 0 Å². The van der Waals surface area contributed by atoms with E-state index in [1.54, 1.807) is 34.7 Å². The van der Waals surface area contributed by atoms with Gasteiger partial charge in [0.05, 0.1) is 4.90 Å². The predicted octanol–water partition coefficient (Wildman–Crippen LogP) is -1.80. The quantitative estimate of drug-likeness (QED) is 0.434. The molecule has 0 heterocycles. The Morgan fingerprint density at radius 2 is 1.75 bits per heavy atom. The Labute approximate surface area is 134 Å². The van der Waals surface area contributed by atoms with Gasteiger partial charge in [0.25, 0.3) is 0 Å². The van der Waals surface area contributed by atoms with Crippen LogP contribution < -0.4 is 58.2 Å². The molecule has 1 aromatic rings. The molecular weight excluding hydrogens is 365 g/mol. The summed E-state index contributed by atoms with van der Waals surface area (Å²) in [6, 6.07) is 6.07. The van der Waals surface area contributed by atoms with Gasteiger partial charge in [-0.3, -0.25) is 0 Å². The van der Waals surface area contributed by atoms with Gasteiger partial charge in [-0.05, 0) is 34.7 Å². The molecule has 0 bridgehead atoms. The third-order valence-corrected chi connectivity index (χ3v) is 3.31. The Morgan fingerprint density at radius 1 is 1.25 bits per heavy atom. The molecule has 0 saturated heterocycles. The summed E-state index contributed by atoms with van der Waals surface area (Å²) in [5.74, 6) is 0. The van der Waals surface area contributed by atoms with Gasteiger partial charge < -0.3 is 4.55 Å². The van der Waals surface area contributed by atoms with Crippen LogP contribution in [0.25, 0.3) is 0 Å². The van der Waals surface area contributed by atoms with Gasteiger partial charge in [-0.25, -0.2) is 8.42 Å². The number of hydrogen-bond donors (Lipinski definition) is 0. The fourth-order valence-corrected chi connectivity index (χ4v) is 2.40. The molecule has 3 nitrogen and oxygen atoms in total. The van der Waals surface area contributed by atoms with Crippen molar-refractivity contribution in [2.75, 3.05) is 0 Å². The average Bonchev–Trinajstić information content (AvgIpc) is 1.86. The van der Waals surface area contributed by atoms with Crippen molar-refractivity contribution < 1.29 is 71.2 Å².